The van der Waals surface area contributed by atoms with Crippen LogP contribution in [0, 0.1) is 24.1 Å². The summed E-state index contributed by atoms with van der Waals surface area (Å²) in [5.74, 6) is 0. The quantitative estimate of drug-likeness (QED) is 0.388. The Balaban J connectivity index is -0.0000000282. The number of thiophene rings is 1. The average Bonchev–Trinajstić information content (AvgIpc) is 2.65. The van der Waals surface area contributed by atoms with Crippen molar-refractivity contribution in [1.29, 1.82) is 5.26 Å². The molecule has 0 aliphatic carbocycles. The monoisotopic (exact) mass is 243 g/mol. The first-order valence-electron chi connectivity index (χ1n) is 3.33. The van der Waals surface area contributed by atoms with E-state index in [0.717, 1.165) is 6.42 Å². The fourth-order valence-corrected chi connectivity index (χ4v) is 0.589. The number of rotatable bonds is 1. The number of nitrogens with zero attached hydrogens (tertiary/aromatic N) is 1. The molecule has 1 aromatic rings. The molecule has 0 fully saturated rings. The standard InChI is InChI=1S/C4H3S.C4H9.CN.Cu.2Li/c1-2-4-5-3-1;1-3-4-2;1-2;;;/h1-3H;1,3-4H2,2H3;;;;/q3*-1;3*+1. The van der Waals surface area contributed by atoms with Gasteiger partial charge in [-0.2, -0.15) is 17.9 Å². The van der Waals surface area contributed by atoms with E-state index in [1.54, 1.807) is 11.3 Å². The van der Waals surface area contributed by atoms with Crippen molar-refractivity contribution < 1.29 is 54.8 Å². The Morgan fingerprint density at radius 1 is 1.43 bits per heavy atom. The predicted octanol–water partition coefficient (Wildman–Crippen LogP) is -2.73. The van der Waals surface area contributed by atoms with Crippen LogP contribution in [0.15, 0.2) is 17.5 Å². The Hall–Kier alpha value is 0.904. The van der Waals surface area contributed by atoms with Crippen molar-refractivity contribution >= 4 is 11.3 Å². The van der Waals surface area contributed by atoms with Crippen molar-refractivity contribution in [1.82, 2.24) is 0 Å². The molecule has 0 unspecified atom stereocenters. The van der Waals surface area contributed by atoms with Crippen LogP contribution < -0.4 is 37.7 Å². The molecule has 1 aromatic heterocycles. The molecule has 14 heavy (non-hydrogen) atoms. The summed E-state index contributed by atoms with van der Waals surface area (Å²) in [5, 5.41) is 11.1. The maximum absolute atomic E-state index is 6.25. The first-order chi connectivity index (χ1) is 5.41. The molecule has 0 saturated carbocycles. The summed E-state index contributed by atoms with van der Waals surface area (Å²) < 4.78 is 0. The van der Waals surface area contributed by atoms with Gasteiger partial charge in [-0.05, 0) is 0 Å². The van der Waals surface area contributed by atoms with Crippen LogP contribution in [0.4, 0.5) is 0 Å². The van der Waals surface area contributed by atoms with Gasteiger partial charge in [0.05, 0.1) is 0 Å². The molecule has 5 heteroatoms. The van der Waals surface area contributed by atoms with E-state index in [4.69, 9.17) is 11.8 Å². The van der Waals surface area contributed by atoms with Gasteiger partial charge in [-0.3, -0.25) is 0 Å². The fraction of sp³-hybridized carbons (Fsp3) is 0.333. The van der Waals surface area contributed by atoms with Crippen molar-refractivity contribution in [2.45, 2.75) is 19.8 Å². The van der Waals surface area contributed by atoms with Gasteiger partial charge >= 0.3 is 54.8 Å². The molecule has 0 amide bonds. The van der Waals surface area contributed by atoms with Crippen molar-refractivity contribution in [3.8, 4) is 0 Å². The predicted molar refractivity (Wildman–Crippen MR) is 48.4 cm³/mol. The molecule has 0 atom stereocenters. The van der Waals surface area contributed by atoms with Crippen LogP contribution in [-0.4, -0.2) is 0 Å². The molecule has 72 valence electrons. The van der Waals surface area contributed by atoms with Gasteiger partial charge in [-0.15, -0.1) is 5.38 Å². The molecule has 0 aliphatic heterocycles. The van der Waals surface area contributed by atoms with Gasteiger partial charge in [0.2, 0.25) is 0 Å². The van der Waals surface area contributed by atoms with Gasteiger partial charge in [-0.1, -0.05) is 13.3 Å². The van der Waals surface area contributed by atoms with Crippen LogP contribution in [0.1, 0.15) is 19.8 Å². The smallest absolute Gasteiger partial charge is 0.512 e. The number of hydrogen-bond acceptors (Lipinski definition) is 2. The van der Waals surface area contributed by atoms with Gasteiger partial charge in [-0.25, -0.2) is 6.07 Å². The fourth-order valence-electron chi connectivity index (χ4n) is 0.196. The molecule has 0 bridgehead atoms. The summed E-state index contributed by atoms with van der Waals surface area (Å²) >= 11 is 1.59. The zero-order chi connectivity index (χ0) is 8.95. The van der Waals surface area contributed by atoms with E-state index in [1.165, 1.54) is 6.42 Å². The van der Waals surface area contributed by atoms with Crippen LogP contribution in [0.25, 0.3) is 0 Å². The van der Waals surface area contributed by atoms with Gasteiger partial charge < -0.3 is 30.1 Å². The third-order valence-corrected chi connectivity index (χ3v) is 1.30. The summed E-state index contributed by atoms with van der Waals surface area (Å²) in [7, 11) is 0. The zero-order valence-electron chi connectivity index (χ0n) is 9.01. The molecule has 1 rings (SSSR count). The Labute approximate surface area is 126 Å². The molecule has 0 N–H and O–H groups in total. The van der Waals surface area contributed by atoms with Gasteiger partial charge in [0.15, 0.2) is 0 Å². The van der Waals surface area contributed by atoms with E-state index in [-0.39, 0.29) is 54.8 Å². The molecular weight excluding hydrogens is 232 g/mol. The third-order valence-electron chi connectivity index (χ3n) is 0.732. The molecule has 0 saturated heterocycles. The van der Waals surface area contributed by atoms with E-state index in [2.05, 4.69) is 19.2 Å². The molecule has 0 spiro atoms. The average molecular weight is 244 g/mol. The molecule has 1 heterocycles. The van der Waals surface area contributed by atoms with Crippen molar-refractivity contribution in [3.63, 3.8) is 0 Å². The molecule has 0 radical (unpaired) electrons. The normalized spacial score (nSPS) is 5.14. The largest absolute Gasteiger partial charge is 1.00 e. The number of unbranched alkanes of at least 4 members (excludes halogenated alkanes) is 1. The molecule has 0 aromatic carbocycles. The van der Waals surface area contributed by atoms with E-state index in [1.807, 2.05) is 17.5 Å². The Morgan fingerprint density at radius 3 is 1.93 bits per heavy atom. The minimum absolute atomic E-state index is 0. The van der Waals surface area contributed by atoms with Gasteiger partial charge in [0, 0.05) is 0 Å². The van der Waals surface area contributed by atoms with Gasteiger partial charge in [0.1, 0.15) is 0 Å². The second-order valence-corrected chi connectivity index (χ2v) is 2.33. The SMILES string of the molecule is [C-]#N.[CH2-]CCC.[Cu+].[Li+].[Li+].[c-]1cccs1. The van der Waals surface area contributed by atoms with E-state index < -0.39 is 0 Å². The zero-order valence-corrected chi connectivity index (χ0v) is 10.8. The molecular formula is C9H12CuLi2NS. The minimum atomic E-state index is 0. The van der Waals surface area contributed by atoms with Crippen LogP contribution in [0.5, 0.6) is 0 Å². The maximum atomic E-state index is 6.25. The molecule has 1 nitrogen and oxygen atoms in total. The summed E-state index contributed by atoms with van der Waals surface area (Å²) in [5.41, 5.74) is 0. The van der Waals surface area contributed by atoms with E-state index in [9.17, 15) is 0 Å². The topological polar surface area (TPSA) is 23.8 Å². The van der Waals surface area contributed by atoms with Crippen molar-refractivity contribution in [3.05, 3.63) is 36.4 Å². The van der Waals surface area contributed by atoms with E-state index in [0.29, 0.717) is 0 Å². The van der Waals surface area contributed by atoms with Crippen LogP contribution >= 0.6 is 11.3 Å². The third kappa shape index (κ3) is 38.4. The Morgan fingerprint density at radius 2 is 1.86 bits per heavy atom. The first-order valence-corrected chi connectivity index (χ1v) is 4.21. The van der Waals surface area contributed by atoms with E-state index >= 15 is 0 Å². The second-order valence-electron chi connectivity index (χ2n) is 1.58. The van der Waals surface area contributed by atoms with Crippen LogP contribution in [0.2, 0.25) is 0 Å². The van der Waals surface area contributed by atoms with Gasteiger partial charge in [0.25, 0.3) is 0 Å². The van der Waals surface area contributed by atoms with Crippen molar-refractivity contribution in [2.75, 3.05) is 0 Å². The summed E-state index contributed by atoms with van der Waals surface area (Å²) in [6.45, 7) is 10.5. The summed E-state index contributed by atoms with van der Waals surface area (Å²) in [4.78, 5) is 0. The van der Waals surface area contributed by atoms with Crippen LogP contribution in [-0.2, 0) is 17.1 Å². The van der Waals surface area contributed by atoms with Crippen molar-refractivity contribution in [2.24, 2.45) is 0 Å². The maximum Gasteiger partial charge on any atom is 1.00 e. The molecule has 0 aliphatic rings. The second kappa shape index (κ2) is 37.1. The first kappa shape index (κ1) is 29.4. The number of hydrogen-bond donors (Lipinski definition) is 0. The minimum Gasteiger partial charge on any atom is -0.512 e. The summed E-state index contributed by atoms with van der Waals surface area (Å²) in [6.07, 6.45) is 2.28. The Bertz CT molecular complexity index is 127. The Kier molecular flexibility index (Phi) is 77.8. The van der Waals surface area contributed by atoms with Crippen LogP contribution in [0.3, 0.4) is 0 Å². The summed E-state index contributed by atoms with van der Waals surface area (Å²) in [6, 6.07) is 3.86.